The van der Waals surface area contributed by atoms with E-state index in [2.05, 4.69) is 21.0 Å². The first kappa shape index (κ1) is 12.9. The lowest BCUT2D eigenvalue weighted by atomic mass is 10.1. The van der Waals surface area contributed by atoms with Crippen LogP contribution in [0.25, 0.3) is 10.7 Å². The monoisotopic (exact) mass is 316 g/mol. The van der Waals surface area contributed by atoms with Crippen LogP contribution in [-0.4, -0.2) is 16.2 Å². The molecule has 21 heavy (non-hydrogen) atoms. The average molecular weight is 317 g/mol. The van der Waals surface area contributed by atoms with Crippen molar-refractivity contribution in [1.82, 2.24) is 9.55 Å². The average Bonchev–Trinajstić information content (AvgIpc) is 3.18. The third kappa shape index (κ3) is 2.34. The van der Waals surface area contributed by atoms with Crippen LogP contribution in [0.2, 0.25) is 5.02 Å². The molecule has 3 nitrogen and oxygen atoms in total. The maximum atomic E-state index is 6.23. The first-order chi connectivity index (χ1) is 10.3. The van der Waals surface area contributed by atoms with Crippen LogP contribution in [-0.2, 0) is 13.0 Å². The molecule has 0 saturated heterocycles. The Bertz CT molecular complexity index is 780. The number of aromatic nitrogens is 2. The molecule has 0 amide bonds. The van der Waals surface area contributed by atoms with Gasteiger partial charge < -0.3 is 9.30 Å². The summed E-state index contributed by atoms with van der Waals surface area (Å²) < 4.78 is 7.91. The smallest absolute Gasteiger partial charge is 0.150 e. The number of halogens is 1. The number of nitrogens with zero attached hydrogens (tertiary/aromatic N) is 2. The number of ether oxygens (including phenoxy) is 1. The lowest BCUT2D eigenvalue weighted by Gasteiger charge is -2.11. The van der Waals surface area contributed by atoms with Gasteiger partial charge in [-0.1, -0.05) is 17.7 Å². The van der Waals surface area contributed by atoms with Gasteiger partial charge in [0.25, 0.3) is 0 Å². The van der Waals surface area contributed by atoms with E-state index in [-0.39, 0.29) is 0 Å². The van der Waals surface area contributed by atoms with Crippen LogP contribution >= 0.6 is 22.9 Å². The molecular weight excluding hydrogens is 304 g/mol. The molecule has 1 aromatic carbocycles. The predicted molar refractivity (Wildman–Crippen MR) is 85.3 cm³/mol. The third-order valence-corrected chi connectivity index (χ3v) is 4.71. The van der Waals surface area contributed by atoms with Crippen LogP contribution in [0.15, 0.2) is 42.0 Å². The zero-order valence-electron chi connectivity index (χ0n) is 11.3. The summed E-state index contributed by atoms with van der Waals surface area (Å²) in [6.45, 7) is 1.46. The van der Waals surface area contributed by atoms with Gasteiger partial charge in [-0.25, -0.2) is 4.98 Å². The summed E-state index contributed by atoms with van der Waals surface area (Å²) in [7, 11) is 0. The number of rotatable bonds is 3. The second kappa shape index (κ2) is 5.20. The summed E-state index contributed by atoms with van der Waals surface area (Å²) in [6.07, 6.45) is 4.77. The van der Waals surface area contributed by atoms with E-state index in [4.69, 9.17) is 16.3 Å². The molecule has 0 N–H and O–H groups in total. The Labute approximate surface area is 131 Å². The highest BCUT2D eigenvalue weighted by molar-refractivity contribution is 7.13. The quantitative estimate of drug-likeness (QED) is 0.722. The van der Waals surface area contributed by atoms with Gasteiger partial charge in [0.1, 0.15) is 11.6 Å². The molecule has 0 atom stereocenters. The van der Waals surface area contributed by atoms with Gasteiger partial charge in [0, 0.05) is 29.4 Å². The van der Waals surface area contributed by atoms with E-state index in [1.807, 2.05) is 30.6 Å². The van der Waals surface area contributed by atoms with Crippen molar-refractivity contribution >= 4 is 22.9 Å². The number of hydrogen-bond donors (Lipinski definition) is 0. The summed E-state index contributed by atoms with van der Waals surface area (Å²) in [6, 6.07) is 8.12. The molecule has 0 bridgehead atoms. The Morgan fingerprint density at radius 3 is 3.19 bits per heavy atom. The molecule has 0 radical (unpaired) electrons. The molecule has 0 spiro atoms. The minimum absolute atomic E-state index is 0.718. The van der Waals surface area contributed by atoms with Crippen molar-refractivity contribution in [2.75, 3.05) is 6.61 Å². The van der Waals surface area contributed by atoms with Gasteiger partial charge >= 0.3 is 0 Å². The van der Waals surface area contributed by atoms with E-state index in [0.717, 1.165) is 41.7 Å². The van der Waals surface area contributed by atoms with Crippen molar-refractivity contribution in [3.63, 3.8) is 0 Å². The van der Waals surface area contributed by atoms with Gasteiger partial charge in [-0.3, -0.25) is 0 Å². The largest absolute Gasteiger partial charge is 0.493 e. The van der Waals surface area contributed by atoms with Crippen LogP contribution in [0, 0.1) is 0 Å². The fourth-order valence-corrected chi connectivity index (χ4v) is 3.71. The number of fused-ring (bicyclic) bond motifs is 1. The first-order valence-electron chi connectivity index (χ1n) is 6.80. The van der Waals surface area contributed by atoms with Crippen LogP contribution < -0.4 is 4.74 Å². The molecule has 2 aromatic heterocycles. The highest BCUT2D eigenvalue weighted by atomic mass is 35.5. The van der Waals surface area contributed by atoms with E-state index >= 15 is 0 Å². The molecule has 4 rings (SSSR count). The molecule has 0 saturated carbocycles. The Kier molecular flexibility index (Phi) is 3.20. The number of hydrogen-bond acceptors (Lipinski definition) is 3. The maximum absolute atomic E-state index is 6.23. The van der Waals surface area contributed by atoms with Gasteiger partial charge in [0.2, 0.25) is 0 Å². The SMILES string of the molecule is Clc1cc2c(c(Cn3ccnc3-c3cccs3)c1)OCC2. The molecule has 0 unspecified atom stereocenters. The molecular formula is C16H13ClN2OS. The highest BCUT2D eigenvalue weighted by Gasteiger charge is 2.18. The standard InChI is InChI=1S/C16H13ClN2OS/c17-13-8-11-3-6-20-15(11)12(9-13)10-19-5-4-18-16(19)14-2-1-7-21-14/h1-2,4-5,7-9H,3,6,10H2. The molecule has 0 aliphatic carbocycles. The van der Waals surface area contributed by atoms with Crippen molar-refractivity contribution < 1.29 is 4.74 Å². The number of benzene rings is 1. The summed E-state index contributed by atoms with van der Waals surface area (Å²) in [4.78, 5) is 5.64. The molecule has 5 heteroatoms. The van der Waals surface area contributed by atoms with Crippen LogP contribution in [0.3, 0.4) is 0 Å². The molecule has 1 aliphatic heterocycles. The zero-order chi connectivity index (χ0) is 14.2. The van der Waals surface area contributed by atoms with Gasteiger partial charge in [-0.2, -0.15) is 0 Å². The Hall–Kier alpha value is -1.78. The molecule has 0 fully saturated rings. The fourth-order valence-electron chi connectivity index (χ4n) is 2.71. The van der Waals surface area contributed by atoms with E-state index in [0.29, 0.717) is 0 Å². The second-order valence-electron chi connectivity index (χ2n) is 5.01. The van der Waals surface area contributed by atoms with Crippen LogP contribution in [0.5, 0.6) is 5.75 Å². The molecule has 3 heterocycles. The normalized spacial score (nSPS) is 13.2. The van der Waals surface area contributed by atoms with E-state index in [1.165, 1.54) is 10.4 Å². The topological polar surface area (TPSA) is 27.1 Å². The predicted octanol–water partition coefficient (Wildman–Crippen LogP) is 4.25. The molecule has 3 aromatic rings. The summed E-state index contributed by atoms with van der Waals surface area (Å²) >= 11 is 7.92. The Balaban J connectivity index is 1.74. The Morgan fingerprint density at radius 2 is 2.33 bits per heavy atom. The minimum Gasteiger partial charge on any atom is -0.493 e. The minimum atomic E-state index is 0.718. The van der Waals surface area contributed by atoms with Crippen molar-refractivity contribution in [1.29, 1.82) is 0 Å². The van der Waals surface area contributed by atoms with Crippen LogP contribution in [0.1, 0.15) is 11.1 Å². The van der Waals surface area contributed by atoms with Crippen molar-refractivity contribution in [3.8, 4) is 16.5 Å². The maximum Gasteiger partial charge on any atom is 0.150 e. The zero-order valence-corrected chi connectivity index (χ0v) is 12.8. The summed E-state index contributed by atoms with van der Waals surface area (Å²) in [5.74, 6) is 1.97. The Morgan fingerprint density at radius 1 is 1.38 bits per heavy atom. The van der Waals surface area contributed by atoms with Crippen molar-refractivity contribution in [2.45, 2.75) is 13.0 Å². The van der Waals surface area contributed by atoms with Gasteiger partial charge in [-0.05, 0) is 29.1 Å². The number of thiophene rings is 1. The van der Waals surface area contributed by atoms with E-state index < -0.39 is 0 Å². The lowest BCUT2D eigenvalue weighted by Crippen LogP contribution is -2.02. The highest BCUT2D eigenvalue weighted by Crippen LogP contribution is 2.34. The lowest BCUT2D eigenvalue weighted by molar-refractivity contribution is 0.353. The third-order valence-electron chi connectivity index (χ3n) is 3.62. The summed E-state index contributed by atoms with van der Waals surface area (Å²) in [5, 5.41) is 2.83. The van der Waals surface area contributed by atoms with Crippen molar-refractivity contribution in [3.05, 3.63) is 58.2 Å². The van der Waals surface area contributed by atoms with E-state index in [9.17, 15) is 0 Å². The van der Waals surface area contributed by atoms with Gasteiger partial charge in [0.15, 0.2) is 0 Å². The van der Waals surface area contributed by atoms with Gasteiger partial charge in [-0.15, -0.1) is 11.3 Å². The summed E-state index contributed by atoms with van der Waals surface area (Å²) in [5.41, 5.74) is 2.32. The first-order valence-corrected chi connectivity index (χ1v) is 8.06. The van der Waals surface area contributed by atoms with Crippen LogP contribution in [0.4, 0.5) is 0 Å². The number of imidazole rings is 1. The fraction of sp³-hybridized carbons (Fsp3) is 0.188. The van der Waals surface area contributed by atoms with E-state index in [1.54, 1.807) is 11.3 Å². The molecule has 106 valence electrons. The molecule has 1 aliphatic rings. The van der Waals surface area contributed by atoms with Gasteiger partial charge in [0.05, 0.1) is 18.0 Å². The second-order valence-corrected chi connectivity index (χ2v) is 6.39. The van der Waals surface area contributed by atoms with Crippen molar-refractivity contribution in [2.24, 2.45) is 0 Å².